The van der Waals surface area contributed by atoms with Crippen LogP contribution in [0, 0.1) is 0 Å². The molecule has 0 radical (unpaired) electrons. The van der Waals surface area contributed by atoms with Crippen molar-refractivity contribution in [2.24, 2.45) is 0 Å². The highest BCUT2D eigenvalue weighted by molar-refractivity contribution is 7.14. The summed E-state index contributed by atoms with van der Waals surface area (Å²) in [5.41, 5.74) is 2.78. The minimum Gasteiger partial charge on any atom is -0.544 e. The van der Waals surface area contributed by atoms with Gasteiger partial charge in [-0.2, -0.15) is 0 Å². The maximum atomic E-state index is 11.4. The van der Waals surface area contributed by atoms with E-state index in [0.29, 0.717) is 10.7 Å². The molecule has 2 aromatic carbocycles. The predicted octanol–water partition coefficient (Wildman–Crippen LogP) is 3.30. The summed E-state index contributed by atoms with van der Waals surface area (Å²) in [6.07, 6.45) is 3.60. The smallest absolute Gasteiger partial charge is 0.221 e. The van der Waals surface area contributed by atoms with Crippen molar-refractivity contribution in [1.29, 1.82) is 0 Å². The van der Waals surface area contributed by atoms with E-state index in [2.05, 4.69) is 10.3 Å². The Balaban J connectivity index is 1.85. The van der Waals surface area contributed by atoms with Crippen LogP contribution in [0.1, 0.15) is 27.2 Å². The third-order valence-electron chi connectivity index (χ3n) is 3.53. The zero-order valence-corrected chi connectivity index (χ0v) is 14.7. The molecular weight excluding hydrogens is 348 g/mol. The van der Waals surface area contributed by atoms with Crippen LogP contribution in [0.3, 0.4) is 0 Å². The maximum absolute atomic E-state index is 11.4. The molecule has 1 amide bonds. The first-order chi connectivity index (χ1) is 12.5. The summed E-state index contributed by atoms with van der Waals surface area (Å²) in [6.45, 7) is 1.45. The number of hydrogen-bond acceptors (Lipinski definition) is 5. The number of anilines is 1. The summed E-state index contributed by atoms with van der Waals surface area (Å²) in [6, 6.07) is 16.5. The predicted molar refractivity (Wildman–Crippen MR) is 102 cm³/mol. The molecule has 5 nitrogen and oxygen atoms in total. The van der Waals surface area contributed by atoms with Crippen molar-refractivity contribution >= 4 is 41.1 Å². The molecule has 6 heteroatoms. The van der Waals surface area contributed by atoms with Gasteiger partial charge >= 0.3 is 0 Å². The highest BCUT2D eigenvalue weighted by Crippen LogP contribution is 2.28. The molecule has 0 aliphatic carbocycles. The number of carbonyl (C=O) groups is 2. The fourth-order valence-electron chi connectivity index (χ4n) is 2.39. The molecule has 0 aliphatic heterocycles. The molecule has 0 bridgehead atoms. The number of thiazole rings is 1. The zero-order valence-electron chi connectivity index (χ0n) is 13.9. The lowest BCUT2D eigenvalue weighted by Gasteiger charge is -2.01. The first-order valence-corrected chi connectivity index (χ1v) is 8.68. The lowest BCUT2D eigenvalue weighted by Crippen LogP contribution is -2.21. The minimum absolute atomic E-state index is 0.108. The number of carboxylic acids is 1. The summed E-state index contributed by atoms with van der Waals surface area (Å²) in [5, 5.41) is 14.7. The number of amides is 1. The fourth-order valence-corrected chi connectivity index (χ4v) is 3.21. The molecule has 3 aromatic rings. The van der Waals surface area contributed by atoms with Crippen LogP contribution in [0.5, 0.6) is 0 Å². The number of carboxylic acid groups (broad SMARTS) is 1. The standard InChI is InChI=1S/C20H16N2O3S/c1-13(23)21-16-10-7-14(8-11-16)9-12-17-22-18(19(26-17)20(24)25)15-5-3-2-4-6-15/h2-12H,1H3,(H,21,23)(H,24,25)/p-1/b12-9+. The number of aromatic carboxylic acids is 1. The van der Waals surface area contributed by atoms with Crippen molar-refractivity contribution in [2.45, 2.75) is 6.92 Å². The quantitative estimate of drug-likeness (QED) is 0.754. The summed E-state index contributed by atoms with van der Waals surface area (Å²) >= 11 is 1.08. The van der Waals surface area contributed by atoms with Gasteiger partial charge in [-0.1, -0.05) is 48.5 Å². The second kappa shape index (κ2) is 7.76. The van der Waals surface area contributed by atoms with Crippen molar-refractivity contribution < 1.29 is 14.7 Å². The summed E-state index contributed by atoms with van der Waals surface area (Å²) in [5.74, 6) is -1.36. The lowest BCUT2D eigenvalue weighted by molar-refractivity contribution is -0.254. The van der Waals surface area contributed by atoms with Crippen molar-refractivity contribution in [1.82, 2.24) is 4.98 Å². The van der Waals surface area contributed by atoms with E-state index in [1.807, 2.05) is 48.5 Å². The van der Waals surface area contributed by atoms with E-state index in [1.165, 1.54) is 6.92 Å². The number of carbonyl (C=O) groups excluding carboxylic acids is 2. The number of aromatic nitrogens is 1. The molecule has 3 rings (SSSR count). The first-order valence-electron chi connectivity index (χ1n) is 7.86. The van der Waals surface area contributed by atoms with Gasteiger partial charge in [-0.05, 0) is 23.8 Å². The highest BCUT2D eigenvalue weighted by atomic mass is 32.1. The molecule has 0 spiro atoms. The number of benzene rings is 2. The van der Waals surface area contributed by atoms with Crippen LogP contribution in [-0.2, 0) is 4.79 Å². The molecule has 0 unspecified atom stereocenters. The van der Waals surface area contributed by atoms with Crippen LogP contribution >= 0.6 is 11.3 Å². The topological polar surface area (TPSA) is 82.1 Å². The fraction of sp³-hybridized carbons (Fsp3) is 0.0500. The molecule has 1 heterocycles. The van der Waals surface area contributed by atoms with E-state index in [9.17, 15) is 14.7 Å². The van der Waals surface area contributed by atoms with Gasteiger partial charge in [0, 0.05) is 18.2 Å². The molecule has 0 saturated carbocycles. The number of hydrogen-bond donors (Lipinski definition) is 1. The van der Waals surface area contributed by atoms with Crippen LogP contribution < -0.4 is 10.4 Å². The maximum Gasteiger partial charge on any atom is 0.221 e. The average Bonchev–Trinajstić information content (AvgIpc) is 3.06. The Kier molecular flexibility index (Phi) is 5.24. The molecule has 1 aromatic heterocycles. The van der Waals surface area contributed by atoms with E-state index in [0.717, 1.165) is 28.2 Å². The Morgan fingerprint density at radius 2 is 1.73 bits per heavy atom. The molecule has 0 fully saturated rings. The number of nitrogens with one attached hydrogen (secondary N) is 1. The normalized spacial score (nSPS) is 10.8. The van der Waals surface area contributed by atoms with Crippen molar-refractivity contribution in [3.8, 4) is 11.3 Å². The van der Waals surface area contributed by atoms with Gasteiger partial charge in [0.1, 0.15) is 5.01 Å². The Hall–Kier alpha value is -3.25. The monoisotopic (exact) mass is 363 g/mol. The Labute approximate surface area is 154 Å². The zero-order chi connectivity index (χ0) is 18.5. The van der Waals surface area contributed by atoms with Crippen LogP contribution in [0.25, 0.3) is 23.4 Å². The van der Waals surface area contributed by atoms with Gasteiger partial charge in [0.15, 0.2) is 0 Å². The third kappa shape index (κ3) is 4.23. The Morgan fingerprint density at radius 1 is 1.04 bits per heavy atom. The first kappa shape index (κ1) is 17.6. The molecule has 1 N–H and O–H groups in total. The summed E-state index contributed by atoms with van der Waals surface area (Å²) in [4.78, 5) is 27.0. The Morgan fingerprint density at radius 3 is 2.35 bits per heavy atom. The SMILES string of the molecule is CC(=O)Nc1ccc(/C=C/c2nc(-c3ccccc3)c(C(=O)[O-])s2)cc1. The molecular formula is C20H15N2O3S-. The van der Waals surface area contributed by atoms with Gasteiger partial charge in [-0.15, -0.1) is 11.3 Å². The molecule has 0 saturated heterocycles. The Bertz CT molecular complexity index is 960. The van der Waals surface area contributed by atoms with Gasteiger partial charge in [0.25, 0.3) is 0 Å². The van der Waals surface area contributed by atoms with Crippen molar-refractivity contribution in [3.05, 3.63) is 70.0 Å². The van der Waals surface area contributed by atoms with E-state index in [-0.39, 0.29) is 10.8 Å². The van der Waals surface area contributed by atoms with Crippen LogP contribution in [0.4, 0.5) is 5.69 Å². The second-order valence-electron chi connectivity index (χ2n) is 5.52. The van der Waals surface area contributed by atoms with Crippen molar-refractivity contribution in [2.75, 3.05) is 5.32 Å². The number of rotatable bonds is 5. The summed E-state index contributed by atoms with van der Waals surface area (Å²) in [7, 11) is 0. The van der Waals surface area contributed by atoms with E-state index < -0.39 is 5.97 Å². The largest absolute Gasteiger partial charge is 0.544 e. The molecule has 26 heavy (non-hydrogen) atoms. The van der Waals surface area contributed by atoms with Gasteiger partial charge in [-0.25, -0.2) is 4.98 Å². The summed E-state index contributed by atoms with van der Waals surface area (Å²) < 4.78 is 0. The average molecular weight is 363 g/mol. The van der Waals surface area contributed by atoms with E-state index >= 15 is 0 Å². The second-order valence-corrected chi connectivity index (χ2v) is 6.55. The van der Waals surface area contributed by atoms with E-state index in [1.54, 1.807) is 18.2 Å². The van der Waals surface area contributed by atoms with Gasteiger partial charge < -0.3 is 15.2 Å². The van der Waals surface area contributed by atoms with Gasteiger partial charge in [0.2, 0.25) is 5.91 Å². The molecule has 130 valence electrons. The van der Waals surface area contributed by atoms with Crippen LogP contribution in [0.15, 0.2) is 54.6 Å². The third-order valence-corrected chi connectivity index (χ3v) is 4.53. The van der Waals surface area contributed by atoms with Crippen LogP contribution in [0.2, 0.25) is 0 Å². The van der Waals surface area contributed by atoms with Gasteiger partial charge in [-0.3, -0.25) is 4.79 Å². The van der Waals surface area contributed by atoms with E-state index in [4.69, 9.17) is 0 Å². The number of nitrogens with zero attached hydrogens (tertiary/aromatic N) is 1. The molecule has 0 aliphatic rings. The highest BCUT2D eigenvalue weighted by Gasteiger charge is 2.12. The van der Waals surface area contributed by atoms with Gasteiger partial charge in [0.05, 0.1) is 16.5 Å². The lowest BCUT2D eigenvalue weighted by atomic mass is 10.1. The van der Waals surface area contributed by atoms with Crippen LogP contribution in [-0.4, -0.2) is 16.9 Å². The molecule has 0 atom stereocenters. The van der Waals surface area contributed by atoms with Crippen molar-refractivity contribution in [3.63, 3.8) is 0 Å². The minimum atomic E-state index is -1.24.